The largest absolute Gasteiger partial charge is 0.271 e. The van der Waals surface area contributed by atoms with E-state index in [0.29, 0.717) is 5.15 Å². The van der Waals surface area contributed by atoms with Crippen LogP contribution in [0.25, 0.3) is 0 Å². The smallest absolute Gasteiger partial charge is 0.162 e. The molecule has 1 aromatic heterocycles. The number of nitrogens with two attached hydrogens (primary N) is 1. The Bertz CT molecular complexity index is 560. The number of rotatable bonds is 4. The predicted octanol–water partition coefficient (Wildman–Crippen LogP) is 2.76. The summed E-state index contributed by atoms with van der Waals surface area (Å²) in [6.45, 7) is 0. The van der Waals surface area contributed by atoms with E-state index < -0.39 is 11.6 Å². The molecule has 0 bridgehead atoms. The molecule has 1 atom stereocenters. The normalized spacial score (nSPS) is 12.4. The van der Waals surface area contributed by atoms with Crippen LogP contribution in [-0.2, 0) is 6.42 Å². The third-order valence-corrected chi connectivity index (χ3v) is 3.03. The van der Waals surface area contributed by atoms with Crippen molar-refractivity contribution in [1.29, 1.82) is 0 Å². The van der Waals surface area contributed by atoms with Gasteiger partial charge in [0.15, 0.2) is 11.6 Å². The van der Waals surface area contributed by atoms with Gasteiger partial charge in [-0.15, -0.1) is 0 Å². The monoisotopic (exact) mass is 283 g/mol. The van der Waals surface area contributed by atoms with Crippen LogP contribution < -0.4 is 11.3 Å². The molecular weight excluding hydrogens is 272 g/mol. The van der Waals surface area contributed by atoms with E-state index in [2.05, 4.69) is 10.4 Å². The highest BCUT2D eigenvalue weighted by molar-refractivity contribution is 6.29. The van der Waals surface area contributed by atoms with Crippen molar-refractivity contribution in [3.05, 3.63) is 64.4 Å². The van der Waals surface area contributed by atoms with Crippen molar-refractivity contribution in [3.63, 3.8) is 0 Å². The number of aromatic nitrogens is 1. The van der Waals surface area contributed by atoms with E-state index in [0.717, 1.165) is 11.6 Å². The molecule has 3 nitrogen and oxygen atoms in total. The van der Waals surface area contributed by atoms with E-state index in [1.165, 1.54) is 12.1 Å². The summed E-state index contributed by atoms with van der Waals surface area (Å²) < 4.78 is 26.7. The molecule has 2 aromatic rings. The molecule has 6 heteroatoms. The van der Waals surface area contributed by atoms with Crippen LogP contribution in [0.4, 0.5) is 8.78 Å². The lowest BCUT2D eigenvalue weighted by Crippen LogP contribution is -2.30. The molecule has 1 heterocycles. The van der Waals surface area contributed by atoms with Gasteiger partial charge in [-0.25, -0.2) is 13.8 Å². The second kappa shape index (κ2) is 6.06. The number of nitrogens with one attached hydrogen (secondary N) is 1. The van der Waals surface area contributed by atoms with Crippen molar-refractivity contribution in [1.82, 2.24) is 10.4 Å². The van der Waals surface area contributed by atoms with E-state index in [1.807, 2.05) is 0 Å². The lowest BCUT2D eigenvalue weighted by Gasteiger charge is -2.16. The van der Waals surface area contributed by atoms with Crippen LogP contribution in [0, 0.1) is 11.6 Å². The van der Waals surface area contributed by atoms with Crippen molar-refractivity contribution in [3.8, 4) is 0 Å². The molecule has 0 fully saturated rings. The number of benzene rings is 1. The maximum Gasteiger partial charge on any atom is 0.162 e. The molecule has 0 saturated heterocycles. The van der Waals surface area contributed by atoms with Crippen molar-refractivity contribution in [2.75, 3.05) is 0 Å². The zero-order valence-electron chi connectivity index (χ0n) is 9.91. The third-order valence-electron chi connectivity index (χ3n) is 2.81. The summed E-state index contributed by atoms with van der Waals surface area (Å²) in [7, 11) is 0. The number of pyridine rings is 1. The second-order valence-electron chi connectivity index (χ2n) is 4.05. The molecule has 19 heavy (non-hydrogen) atoms. The molecule has 1 unspecified atom stereocenters. The van der Waals surface area contributed by atoms with Crippen LogP contribution in [0.1, 0.15) is 17.2 Å². The van der Waals surface area contributed by atoms with E-state index in [4.69, 9.17) is 17.4 Å². The first-order chi connectivity index (χ1) is 9.11. The number of hydrazine groups is 1. The van der Waals surface area contributed by atoms with E-state index in [1.54, 1.807) is 18.3 Å². The Labute approximate surface area is 114 Å². The van der Waals surface area contributed by atoms with Gasteiger partial charge in [-0.05, 0) is 29.7 Å². The first kappa shape index (κ1) is 13.9. The first-order valence-electron chi connectivity index (χ1n) is 5.62. The van der Waals surface area contributed by atoms with Crippen LogP contribution in [0.2, 0.25) is 5.15 Å². The number of nitrogens with zero attached hydrogens (tertiary/aromatic N) is 1. The molecule has 0 aliphatic heterocycles. The average Bonchev–Trinajstić information content (AvgIpc) is 2.42. The molecule has 0 aliphatic rings. The van der Waals surface area contributed by atoms with Crippen LogP contribution in [-0.4, -0.2) is 4.98 Å². The summed E-state index contributed by atoms with van der Waals surface area (Å²) in [6.07, 6.45) is 1.76. The SMILES string of the molecule is NNC(Cc1cccc(F)c1F)c1ccc(Cl)nc1. The van der Waals surface area contributed by atoms with Crippen LogP contribution in [0.5, 0.6) is 0 Å². The Kier molecular flexibility index (Phi) is 4.42. The Hall–Kier alpha value is -1.56. The number of hydrogen-bond acceptors (Lipinski definition) is 3. The first-order valence-corrected chi connectivity index (χ1v) is 6.00. The standard InChI is InChI=1S/C13H12ClF2N3/c14-12-5-4-9(7-18-12)11(19-17)6-8-2-1-3-10(15)13(8)16/h1-5,7,11,19H,6,17H2. The van der Waals surface area contributed by atoms with Gasteiger partial charge in [-0.2, -0.15) is 0 Å². The second-order valence-corrected chi connectivity index (χ2v) is 4.44. The Balaban J connectivity index is 2.24. The molecule has 0 saturated carbocycles. The zero-order chi connectivity index (χ0) is 13.8. The van der Waals surface area contributed by atoms with Crippen LogP contribution >= 0.6 is 11.6 Å². The molecular formula is C13H12ClF2N3. The van der Waals surface area contributed by atoms with E-state index >= 15 is 0 Å². The van der Waals surface area contributed by atoms with Crippen molar-refractivity contribution in [2.45, 2.75) is 12.5 Å². The summed E-state index contributed by atoms with van der Waals surface area (Å²) in [5, 5.41) is 0.358. The van der Waals surface area contributed by atoms with Gasteiger partial charge >= 0.3 is 0 Å². The average molecular weight is 284 g/mol. The van der Waals surface area contributed by atoms with E-state index in [9.17, 15) is 8.78 Å². The predicted molar refractivity (Wildman–Crippen MR) is 69.4 cm³/mol. The van der Waals surface area contributed by atoms with Crippen molar-refractivity contribution in [2.24, 2.45) is 5.84 Å². The van der Waals surface area contributed by atoms with Gasteiger partial charge in [0.1, 0.15) is 5.15 Å². The molecule has 100 valence electrons. The molecule has 0 radical (unpaired) electrons. The van der Waals surface area contributed by atoms with Gasteiger partial charge in [0.05, 0.1) is 6.04 Å². The summed E-state index contributed by atoms with van der Waals surface area (Å²) >= 11 is 5.69. The number of halogens is 3. The van der Waals surface area contributed by atoms with Gasteiger partial charge in [-0.3, -0.25) is 11.3 Å². The number of hydrogen-bond donors (Lipinski definition) is 2. The van der Waals surface area contributed by atoms with Gasteiger partial charge < -0.3 is 0 Å². The minimum atomic E-state index is -0.873. The fourth-order valence-electron chi connectivity index (χ4n) is 1.79. The molecule has 3 N–H and O–H groups in total. The molecule has 1 aromatic carbocycles. The quantitative estimate of drug-likeness (QED) is 0.515. The summed E-state index contributed by atoms with van der Waals surface area (Å²) in [4.78, 5) is 3.93. The maximum atomic E-state index is 13.6. The summed E-state index contributed by atoms with van der Waals surface area (Å²) in [5.74, 6) is 3.72. The highest BCUT2D eigenvalue weighted by Gasteiger charge is 2.15. The maximum absolute atomic E-state index is 13.6. The molecule has 0 amide bonds. The minimum Gasteiger partial charge on any atom is -0.271 e. The molecule has 0 aliphatic carbocycles. The van der Waals surface area contributed by atoms with Gasteiger partial charge in [-0.1, -0.05) is 29.8 Å². The Morgan fingerprint density at radius 3 is 2.68 bits per heavy atom. The highest BCUT2D eigenvalue weighted by atomic mass is 35.5. The van der Waals surface area contributed by atoms with Gasteiger partial charge in [0.25, 0.3) is 0 Å². The molecule has 0 spiro atoms. The zero-order valence-corrected chi connectivity index (χ0v) is 10.7. The van der Waals surface area contributed by atoms with Crippen molar-refractivity contribution < 1.29 is 8.78 Å². The summed E-state index contributed by atoms with van der Waals surface area (Å²) in [5.41, 5.74) is 3.55. The van der Waals surface area contributed by atoms with Crippen molar-refractivity contribution >= 4 is 11.6 Å². The molecule has 2 rings (SSSR count). The fourth-order valence-corrected chi connectivity index (χ4v) is 1.90. The van der Waals surface area contributed by atoms with Gasteiger partial charge in [0.2, 0.25) is 0 Å². The lowest BCUT2D eigenvalue weighted by atomic mass is 10.0. The lowest BCUT2D eigenvalue weighted by molar-refractivity contribution is 0.481. The topological polar surface area (TPSA) is 50.9 Å². The van der Waals surface area contributed by atoms with E-state index in [-0.39, 0.29) is 18.0 Å². The summed E-state index contributed by atoms with van der Waals surface area (Å²) in [6, 6.07) is 7.03. The van der Waals surface area contributed by atoms with Crippen LogP contribution in [0.15, 0.2) is 36.5 Å². The van der Waals surface area contributed by atoms with Gasteiger partial charge in [0, 0.05) is 6.20 Å². The minimum absolute atomic E-state index is 0.212. The Morgan fingerprint density at radius 2 is 2.05 bits per heavy atom. The van der Waals surface area contributed by atoms with Crippen LogP contribution in [0.3, 0.4) is 0 Å². The fraction of sp³-hybridized carbons (Fsp3) is 0.154. The highest BCUT2D eigenvalue weighted by Crippen LogP contribution is 2.21. The third kappa shape index (κ3) is 3.26. The Morgan fingerprint density at radius 1 is 1.26 bits per heavy atom.